The van der Waals surface area contributed by atoms with Gasteiger partial charge in [0.1, 0.15) is 5.75 Å². The number of anilines is 1. The summed E-state index contributed by atoms with van der Waals surface area (Å²) in [6.45, 7) is 2.46. The van der Waals surface area contributed by atoms with Gasteiger partial charge in [0.25, 0.3) is 5.69 Å². The van der Waals surface area contributed by atoms with Crippen molar-refractivity contribution in [3.05, 3.63) is 88.5 Å². The number of carbonyl (C=O) groups is 1. The number of non-ortho nitro benzene ring substituents is 1. The van der Waals surface area contributed by atoms with Crippen LogP contribution in [0.15, 0.2) is 82.6 Å². The van der Waals surface area contributed by atoms with Gasteiger partial charge >= 0.3 is 0 Å². The predicted molar refractivity (Wildman–Crippen MR) is 115 cm³/mol. The molecule has 0 radical (unpaired) electrons. The van der Waals surface area contributed by atoms with Gasteiger partial charge in [-0.25, -0.2) is 8.42 Å². The summed E-state index contributed by atoms with van der Waals surface area (Å²) in [4.78, 5) is 22.4. The molecule has 0 aromatic heterocycles. The number of ether oxygens (including phenoxy) is 1. The fourth-order valence-electron chi connectivity index (χ4n) is 2.86. The van der Waals surface area contributed by atoms with Crippen LogP contribution in [0.3, 0.4) is 0 Å². The van der Waals surface area contributed by atoms with Gasteiger partial charge in [0.2, 0.25) is 15.7 Å². The van der Waals surface area contributed by atoms with Crippen molar-refractivity contribution >= 4 is 27.1 Å². The van der Waals surface area contributed by atoms with Crippen molar-refractivity contribution < 1.29 is 22.9 Å². The number of rotatable bonds is 8. The summed E-state index contributed by atoms with van der Waals surface area (Å²) >= 11 is 0. The minimum Gasteiger partial charge on any atom is -0.494 e. The third-order valence-corrected chi connectivity index (χ3v) is 6.19. The maximum atomic E-state index is 12.7. The molecule has 31 heavy (non-hydrogen) atoms. The van der Waals surface area contributed by atoms with Crippen LogP contribution >= 0.6 is 0 Å². The molecule has 8 nitrogen and oxygen atoms in total. The Balaban J connectivity index is 1.66. The van der Waals surface area contributed by atoms with E-state index in [4.69, 9.17) is 4.74 Å². The van der Waals surface area contributed by atoms with E-state index in [0.29, 0.717) is 12.3 Å². The molecule has 1 N–H and O–H groups in total. The summed E-state index contributed by atoms with van der Waals surface area (Å²) in [6.07, 6.45) is 0.162. The molecule has 0 saturated heterocycles. The number of benzene rings is 3. The molecule has 0 aliphatic rings. The van der Waals surface area contributed by atoms with Crippen LogP contribution in [-0.2, 0) is 21.1 Å². The number of nitro benzene ring substituents is 1. The van der Waals surface area contributed by atoms with Gasteiger partial charge in [0, 0.05) is 17.8 Å². The highest BCUT2D eigenvalue weighted by Gasteiger charge is 2.19. The minimum absolute atomic E-state index is 0.0193. The van der Waals surface area contributed by atoms with E-state index in [0.717, 1.165) is 23.4 Å². The van der Waals surface area contributed by atoms with E-state index >= 15 is 0 Å². The first-order valence-corrected chi connectivity index (χ1v) is 10.9. The number of nitro groups is 1. The molecule has 0 heterocycles. The molecule has 0 saturated carbocycles. The summed E-state index contributed by atoms with van der Waals surface area (Å²) < 4.78 is 30.8. The van der Waals surface area contributed by atoms with Gasteiger partial charge in [0.05, 0.1) is 27.7 Å². The molecular formula is C22H20N2O6S. The molecule has 0 bridgehead atoms. The number of carbonyl (C=O) groups excluding carboxylic acids is 1. The maximum absolute atomic E-state index is 12.7. The van der Waals surface area contributed by atoms with E-state index in [9.17, 15) is 23.3 Å². The topological polar surface area (TPSA) is 116 Å². The summed E-state index contributed by atoms with van der Waals surface area (Å²) in [5.74, 6) is 0.492. The number of amides is 1. The molecule has 0 unspecified atom stereocenters. The fourth-order valence-corrected chi connectivity index (χ4v) is 4.12. The fraction of sp³-hybridized carbons (Fsp3) is 0.136. The second-order valence-electron chi connectivity index (χ2n) is 6.58. The third-order valence-electron chi connectivity index (χ3n) is 4.41. The summed E-state index contributed by atoms with van der Waals surface area (Å²) in [7, 11) is -3.83. The lowest BCUT2D eigenvalue weighted by Gasteiger charge is -2.08. The molecule has 0 atom stereocenters. The number of sulfone groups is 1. The first-order chi connectivity index (χ1) is 14.8. The summed E-state index contributed by atoms with van der Waals surface area (Å²) in [5.41, 5.74) is 1.08. The molecule has 3 aromatic carbocycles. The zero-order valence-corrected chi connectivity index (χ0v) is 17.5. The quantitative estimate of drug-likeness (QED) is 0.418. The lowest BCUT2D eigenvalue weighted by Crippen LogP contribution is -2.14. The Morgan fingerprint density at radius 2 is 1.48 bits per heavy atom. The molecule has 9 heteroatoms. The van der Waals surface area contributed by atoms with Gasteiger partial charge in [0.15, 0.2) is 0 Å². The SMILES string of the molecule is CCOc1ccc(CC(=O)Nc2ccc(S(=O)(=O)c3ccc([N+](=O)[O-])cc3)cc2)cc1. The van der Waals surface area contributed by atoms with Crippen LogP contribution in [-0.4, -0.2) is 25.9 Å². The number of nitrogens with one attached hydrogen (secondary N) is 1. The Morgan fingerprint density at radius 3 is 2.00 bits per heavy atom. The normalized spacial score (nSPS) is 11.0. The van der Waals surface area contributed by atoms with Crippen molar-refractivity contribution in [1.82, 2.24) is 0 Å². The smallest absolute Gasteiger partial charge is 0.269 e. The lowest BCUT2D eigenvalue weighted by atomic mass is 10.1. The lowest BCUT2D eigenvalue weighted by molar-refractivity contribution is -0.384. The van der Waals surface area contributed by atoms with Crippen molar-refractivity contribution in [2.75, 3.05) is 11.9 Å². The average molecular weight is 440 g/mol. The summed E-state index contributed by atoms with van der Waals surface area (Å²) in [6, 6.07) is 17.6. The molecule has 3 aromatic rings. The Bertz CT molecular complexity index is 1170. The largest absolute Gasteiger partial charge is 0.494 e. The van der Waals surface area contributed by atoms with E-state index in [1.54, 1.807) is 12.1 Å². The molecule has 160 valence electrons. The van der Waals surface area contributed by atoms with E-state index in [1.165, 1.54) is 36.4 Å². The number of hydrogen-bond acceptors (Lipinski definition) is 6. The molecule has 0 aliphatic carbocycles. The first kappa shape index (κ1) is 22.0. The number of nitrogens with zero attached hydrogens (tertiary/aromatic N) is 1. The standard InChI is InChI=1S/C22H20N2O6S/c1-2-30-19-9-3-16(4-10-19)15-22(25)23-17-5-11-20(12-6-17)31(28,29)21-13-7-18(8-14-21)24(26)27/h3-14H,2,15H2,1H3,(H,23,25). The van der Waals surface area contributed by atoms with Crippen LogP contribution in [0, 0.1) is 10.1 Å². The van der Waals surface area contributed by atoms with Gasteiger partial charge in [-0.05, 0) is 61.0 Å². The average Bonchev–Trinajstić information content (AvgIpc) is 2.76. The Hall–Kier alpha value is -3.72. The van der Waals surface area contributed by atoms with Gasteiger partial charge in [-0.3, -0.25) is 14.9 Å². The second kappa shape index (κ2) is 9.40. The highest BCUT2D eigenvalue weighted by atomic mass is 32.2. The summed E-state index contributed by atoms with van der Waals surface area (Å²) in [5, 5.41) is 13.5. The molecular weight excluding hydrogens is 420 g/mol. The van der Waals surface area contributed by atoms with Crippen molar-refractivity contribution in [1.29, 1.82) is 0 Å². The van der Waals surface area contributed by atoms with Crippen LogP contribution in [0.4, 0.5) is 11.4 Å². The van der Waals surface area contributed by atoms with Gasteiger partial charge in [-0.1, -0.05) is 12.1 Å². The third kappa shape index (κ3) is 5.46. The Labute approximate surface area is 179 Å². The predicted octanol–water partition coefficient (Wildman–Crippen LogP) is 4.01. The van der Waals surface area contributed by atoms with E-state index in [-0.39, 0.29) is 27.8 Å². The minimum atomic E-state index is -3.83. The van der Waals surface area contributed by atoms with Crippen molar-refractivity contribution in [3.8, 4) is 5.75 Å². The second-order valence-corrected chi connectivity index (χ2v) is 8.53. The van der Waals surface area contributed by atoms with Crippen molar-refractivity contribution in [2.24, 2.45) is 0 Å². The number of hydrogen-bond donors (Lipinski definition) is 1. The van der Waals surface area contributed by atoms with Crippen molar-refractivity contribution in [2.45, 2.75) is 23.1 Å². The maximum Gasteiger partial charge on any atom is 0.269 e. The molecule has 1 amide bonds. The van der Waals surface area contributed by atoms with E-state index in [1.807, 2.05) is 19.1 Å². The van der Waals surface area contributed by atoms with E-state index < -0.39 is 14.8 Å². The van der Waals surface area contributed by atoms with Crippen molar-refractivity contribution in [3.63, 3.8) is 0 Å². The molecule has 0 spiro atoms. The van der Waals surface area contributed by atoms with Gasteiger partial charge in [-0.2, -0.15) is 0 Å². The monoisotopic (exact) mass is 440 g/mol. The van der Waals surface area contributed by atoms with Crippen LogP contribution in [0.5, 0.6) is 5.75 Å². The van der Waals surface area contributed by atoms with Gasteiger partial charge < -0.3 is 10.1 Å². The van der Waals surface area contributed by atoms with Gasteiger partial charge in [-0.15, -0.1) is 0 Å². The van der Waals surface area contributed by atoms with Crippen LogP contribution in [0.25, 0.3) is 0 Å². The van der Waals surface area contributed by atoms with Crippen LogP contribution < -0.4 is 10.1 Å². The Kier molecular flexibility index (Phi) is 6.66. The van der Waals surface area contributed by atoms with Crippen LogP contribution in [0.2, 0.25) is 0 Å². The zero-order valence-electron chi connectivity index (χ0n) is 16.6. The first-order valence-electron chi connectivity index (χ1n) is 9.41. The highest BCUT2D eigenvalue weighted by molar-refractivity contribution is 7.91. The molecule has 0 fully saturated rings. The molecule has 0 aliphatic heterocycles. The Morgan fingerprint density at radius 1 is 0.935 bits per heavy atom. The highest BCUT2D eigenvalue weighted by Crippen LogP contribution is 2.24. The zero-order chi connectivity index (χ0) is 22.4. The van der Waals surface area contributed by atoms with Crippen LogP contribution in [0.1, 0.15) is 12.5 Å². The molecule has 3 rings (SSSR count). The van der Waals surface area contributed by atoms with E-state index in [2.05, 4.69) is 5.32 Å².